The molecule has 0 N–H and O–H groups in total. The second-order valence-electron chi connectivity index (χ2n) is 7.34. The van der Waals surface area contributed by atoms with E-state index in [-0.39, 0.29) is 18.3 Å². The molecule has 0 aromatic carbocycles. The van der Waals surface area contributed by atoms with E-state index in [0.29, 0.717) is 18.4 Å². The van der Waals surface area contributed by atoms with Gasteiger partial charge >= 0.3 is 7.12 Å². The van der Waals surface area contributed by atoms with Gasteiger partial charge in [-0.3, -0.25) is 0 Å². The van der Waals surface area contributed by atoms with Gasteiger partial charge in [0.2, 0.25) is 0 Å². The van der Waals surface area contributed by atoms with Gasteiger partial charge in [-0.2, -0.15) is 0 Å². The molecule has 4 heteroatoms. The van der Waals surface area contributed by atoms with Crippen LogP contribution in [0.25, 0.3) is 0 Å². The van der Waals surface area contributed by atoms with E-state index in [1.54, 1.807) is 0 Å². The average molecular weight is 280 g/mol. The predicted molar refractivity (Wildman–Crippen MR) is 82.5 cm³/mol. The van der Waals surface area contributed by atoms with Gasteiger partial charge in [0.15, 0.2) is 0 Å². The summed E-state index contributed by atoms with van der Waals surface area (Å²) >= 11 is 0. The largest absolute Gasteiger partial charge is 0.490 e. The maximum Gasteiger partial charge on any atom is 0.490 e. The van der Waals surface area contributed by atoms with Crippen LogP contribution in [0.2, 0.25) is 0 Å². The number of ether oxygens (including phenoxy) is 1. The van der Waals surface area contributed by atoms with Crippen LogP contribution in [0.4, 0.5) is 0 Å². The van der Waals surface area contributed by atoms with E-state index in [9.17, 15) is 0 Å². The molecule has 0 bridgehead atoms. The molecular weight excluding hydrogens is 251 g/mol. The van der Waals surface area contributed by atoms with E-state index in [2.05, 4.69) is 47.6 Å². The topological polar surface area (TPSA) is 27.7 Å². The van der Waals surface area contributed by atoms with Gasteiger partial charge in [0, 0.05) is 0 Å². The Kier molecular flexibility index (Phi) is 4.67. The number of hydrogen-bond acceptors (Lipinski definition) is 3. The molecule has 0 saturated carbocycles. The minimum Gasteiger partial charge on any atom is -0.400 e. The fourth-order valence-electron chi connectivity index (χ4n) is 2.85. The first kappa shape index (κ1) is 16.1. The third-order valence-corrected chi connectivity index (χ3v) is 5.19. The third-order valence-electron chi connectivity index (χ3n) is 5.19. The fraction of sp³-hybridized carbons (Fsp3) is 0.875. The van der Waals surface area contributed by atoms with Gasteiger partial charge < -0.3 is 14.0 Å². The van der Waals surface area contributed by atoms with Crippen LogP contribution < -0.4 is 0 Å². The van der Waals surface area contributed by atoms with Gasteiger partial charge in [0.05, 0.1) is 24.4 Å². The molecular formula is C16H29BO3. The summed E-state index contributed by atoms with van der Waals surface area (Å²) in [6.07, 6.45) is 4.05. The molecule has 2 aliphatic heterocycles. The maximum atomic E-state index is 6.38. The Hall–Kier alpha value is -0.315. The van der Waals surface area contributed by atoms with Gasteiger partial charge in [-0.15, -0.1) is 0 Å². The smallest absolute Gasteiger partial charge is 0.400 e. The average Bonchev–Trinajstić information content (AvgIpc) is 2.61. The molecule has 2 heterocycles. The number of hydrogen-bond donors (Lipinski definition) is 0. The molecule has 0 amide bonds. The van der Waals surface area contributed by atoms with E-state index in [4.69, 9.17) is 14.0 Å². The Balaban J connectivity index is 2.11. The van der Waals surface area contributed by atoms with E-state index in [0.717, 1.165) is 19.4 Å². The van der Waals surface area contributed by atoms with Crippen LogP contribution >= 0.6 is 0 Å². The van der Waals surface area contributed by atoms with Crippen LogP contribution in [0.5, 0.6) is 0 Å². The predicted octanol–water partition coefficient (Wildman–Crippen LogP) is 3.63. The zero-order chi connectivity index (χ0) is 15.0. The summed E-state index contributed by atoms with van der Waals surface area (Å²) in [5, 5.41) is 0. The molecule has 0 aromatic rings. The van der Waals surface area contributed by atoms with E-state index in [1.165, 1.54) is 5.47 Å². The first-order valence-electron chi connectivity index (χ1n) is 7.87. The lowest BCUT2D eigenvalue weighted by Gasteiger charge is -2.39. The van der Waals surface area contributed by atoms with Crippen molar-refractivity contribution in [2.24, 2.45) is 11.8 Å². The summed E-state index contributed by atoms with van der Waals surface area (Å²) in [6.45, 7) is 14.8. The summed E-state index contributed by atoms with van der Waals surface area (Å²) in [5.41, 5.74) is 0.741. The molecule has 2 unspecified atom stereocenters. The Labute approximate surface area is 124 Å². The quantitative estimate of drug-likeness (QED) is 0.736. The molecule has 3 nitrogen and oxygen atoms in total. The molecule has 114 valence electrons. The van der Waals surface area contributed by atoms with Crippen LogP contribution in [0.15, 0.2) is 11.5 Å². The Morgan fingerprint density at radius 2 is 1.90 bits per heavy atom. The summed E-state index contributed by atoms with van der Waals surface area (Å²) in [4.78, 5) is 0. The first-order chi connectivity index (χ1) is 9.25. The maximum absolute atomic E-state index is 6.38. The summed E-state index contributed by atoms with van der Waals surface area (Å²) in [6, 6.07) is 0. The molecule has 1 saturated heterocycles. The van der Waals surface area contributed by atoms with Crippen molar-refractivity contribution < 1.29 is 14.0 Å². The molecule has 20 heavy (non-hydrogen) atoms. The minimum absolute atomic E-state index is 0.196. The molecule has 0 spiro atoms. The van der Waals surface area contributed by atoms with Crippen molar-refractivity contribution in [3.8, 4) is 0 Å². The van der Waals surface area contributed by atoms with Gasteiger partial charge in [0.1, 0.15) is 0 Å². The lowest BCUT2D eigenvalue weighted by Crippen LogP contribution is -2.46. The second kappa shape index (κ2) is 5.82. The highest BCUT2D eigenvalue weighted by atomic mass is 16.7. The van der Waals surface area contributed by atoms with Crippen molar-refractivity contribution in [3.05, 3.63) is 11.5 Å². The lowest BCUT2D eigenvalue weighted by atomic mass is 9.75. The summed E-state index contributed by atoms with van der Waals surface area (Å²) < 4.78 is 18.0. The molecule has 2 rings (SSSR count). The molecule has 2 atom stereocenters. The van der Waals surface area contributed by atoms with Crippen LogP contribution in [0.1, 0.15) is 54.4 Å². The summed E-state index contributed by atoms with van der Waals surface area (Å²) in [7, 11) is -0.196. The van der Waals surface area contributed by atoms with E-state index < -0.39 is 0 Å². The highest BCUT2D eigenvalue weighted by Crippen LogP contribution is 2.44. The normalized spacial score (nSPS) is 31.6. The van der Waals surface area contributed by atoms with Gasteiger partial charge in [-0.25, -0.2) is 0 Å². The van der Waals surface area contributed by atoms with E-state index in [1.807, 2.05) is 0 Å². The zero-order valence-electron chi connectivity index (χ0n) is 13.9. The Bertz CT molecular complexity index is 378. The fourth-order valence-corrected chi connectivity index (χ4v) is 2.85. The van der Waals surface area contributed by atoms with Crippen molar-refractivity contribution in [1.29, 1.82) is 0 Å². The van der Waals surface area contributed by atoms with Gasteiger partial charge in [0.25, 0.3) is 0 Å². The van der Waals surface area contributed by atoms with Crippen LogP contribution in [0.3, 0.4) is 0 Å². The summed E-state index contributed by atoms with van der Waals surface area (Å²) in [5.74, 6) is 1.28. The van der Waals surface area contributed by atoms with Crippen LogP contribution in [-0.2, 0) is 14.0 Å². The molecule has 0 radical (unpaired) electrons. The van der Waals surface area contributed by atoms with Crippen LogP contribution in [0, 0.1) is 11.8 Å². The van der Waals surface area contributed by atoms with Crippen molar-refractivity contribution in [1.82, 2.24) is 0 Å². The van der Waals surface area contributed by atoms with Crippen molar-refractivity contribution in [2.75, 3.05) is 13.2 Å². The SMILES string of the molecule is CC(C)C(C)CC1(C)OB(C2=CCOCC2)OC1(C)C. The highest BCUT2D eigenvalue weighted by molar-refractivity contribution is 6.54. The Morgan fingerprint density at radius 1 is 1.20 bits per heavy atom. The standard InChI is InChI=1S/C16H29BO3/c1-12(2)13(3)11-16(6)15(4,5)19-17(20-16)14-7-9-18-10-8-14/h7,12-13H,8-11H2,1-6H3. The van der Waals surface area contributed by atoms with Crippen molar-refractivity contribution >= 4 is 7.12 Å². The van der Waals surface area contributed by atoms with Gasteiger partial charge in [-0.1, -0.05) is 26.8 Å². The molecule has 0 aliphatic carbocycles. The molecule has 0 aromatic heterocycles. The zero-order valence-corrected chi connectivity index (χ0v) is 13.9. The minimum atomic E-state index is -0.264. The first-order valence-corrected chi connectivity index (χ1v) is 7.87. The Morgan fingerprint density at radius 3 is 2.45 bits per heavy atom. The highest BCUT2D eigenvalue weighted by Gasteiger charge is 2.55. The van der Waals surface area contributed by atoms with Crippen LogP contribution in [-0.4, -0.2) is 31.5 Å². The van der Waals surface area contributed by atoms with Gasteiger partial charge in [-0.05, 0) is 50.9 Å². The monoisotopic (exact) mass is 280 g/mol. The molecule has 2 aliphatic rings. The van der Waals surface area contributed by atoms with E-state index >= 15 is 0 Å². The van der Waals surface area contributed by atoms with Crippen molar-refractivity contribution in [2.45, 2.75) is 65.6 Å². The third kappa shape index (κ3) is 3.13. The lowest BCUT2D eigenvalue weighted by molar-refractivity contribution is -0.0294. The molecule has 1 fully saturated rings. The second-order valence-corrected chi connectivity index (χ2v) is 7.34. The number of rotatable bonds is 4. The van der Waals surface area contributed by atoms with Crippen molar-refractivity contribution in [3.63, 3.8) is 0 Å².